The van der Waals surface area contributed by atoms with Crippen molar-refractivity contribution in [2.75, 3.05) is 12.3 Å². The smallest absolute Gasteiger partial charge is 0.243 e. The van der Waals surface area contributed by atoms with Crippen LogP contribution in [0.2, 0.25) is 10.0 Å². The van der Waals surface area contributed by atoms with Crippen molar-refractivity contribution >= 4 is 46.8 Å². The number of carbonyl (C=O) groups is 2. The molecule has 0 radical (unpaired) electrons. The lowest BCUT2D eigenvalue weighted by Crippen LogP contribution is -2.51. The number of hydrogen-bond acceptors (Lipinski definition) is 3. The molecule has 2 amide bonds. The van der Waals surface area contributed by atoms with Crippen molar-refractivity contribution in [3.63, 3.8) is 0 Å². The fraction of sp³-hybridized carbons (Fsp3) is 0.259. The standard InChI is InChI=1S/C27H28Cl2N2O2S/c1-2-30-27(33)25(16-20-10-4-3-5-11-20)31(17-21-12-6-8-14-23(21)28)26(32)19-34-18-22-13-7-9-15-24(22)29/h3-15,25H,2,16-19H2,1H3,(H,30,33)/t25-/m0/s1. The van der Waals surface area contributed by atoms with E-state index >= 15 is 0 Å². The van der Waals surface area contributed by atoms with Gasteiger partial charge in [0.1, 0.15) is 6.04 Å². The van der Waals surface area contributed by atoms with Crippen molar-refractivity contribution in [3.8, 4) is 0 Å². The van der Waals surface area contributed by atoms with Gasteiger partial charge in [0, 0.05) is 35.3 Å². The van der Waals surface area contributed by atoms with Crippen LogP contribution >= 0.6 is 35.0 Å². The summed E-state index contributed by atoms with van der Waals surface area (Å²) in [4.78, 5) is 28.3. The van der Waals surface area contributed by atoms with Gasteiger partial charge in [-0.2, -0.15) is 0 Å². The van der Waals surface area contributed by atoms with Crippen LogP contribution in [-0.4, -0.2) is 35.1 Å². The molecule has 1 atom stereocenters. The number of likely N-dealkylation sites (N-methyl/N-ethyl adjacent to an activating group) is 1. The Labute approximate surface area is 215 Å². The molecular formula is C27H28Cl2N2O2S. The Balaban J connectivity index is 1.84. The Morgan fingerprint density at radius 2 is 1.47 bits per heavy atom. The zero-order valence-corrected chi connectivity index (χ0v) is 21.4. The van der Waals surface area contributed by atoms with E-state index < -0.39 is 6.04 Å². The van der Waals surface area contributed by atoms with Crippen molar-refractivity contribution < 1.29 is 9.59 Å². The Morgan fingerprint density at radius 1 is 0.882 bits per heavy atom. The van der Waals surface area contributed by atoms with E-state index in [1.54, 1.807) is 11.0 Å². The summed E-state index contributed by atoms with van der Waals surface area (Å²) >= 11 is 14.2. The largest absolute Gasteiger partial charge is 0.355 e. The highest BCUT2D eigenvalue weighted by atomic mass is 35.5. The molecule has 0 bridgehead atoms. The highest BCUT2D eigenvalue weighted by Crippen LogP contribution is 2.24. The van der Waals surface area contributed by atoms with E-state index in [1.165, 1.54) is 11.8 Å². The van der Waals surface area contributed by atoms with Crippen molar-refractivity contribution in [1.29, 1.82) is 0 Å². The van der Waals surface area contributed by atoms with E-state index in [1.807, 2.05) is 79.7 Å². The topological polar surface area (TPSA) is 49.4 Å². The lowest BCUT2D eigenvalue weighted by Gasteiger charge is -2.31. The molecule has 0 aliphatic heterocycles. The summed E-state index contributed by atoms with van der Waals surface area (Å²) in [7, 11) is 0. The lowest BCUT2D eigenvalue weighted by molar-refractivity contribution is -0.139. The SMILES string of the molecule is CCNC(=O)[C@H](Cc1ccccc1)N(Cc1ccccc1Cl)C(=O)CSCc1ccccc1Cl. The molecule has 0 heterocycles. The quantitative estimate of drug-likeness (QED) is 0.341. The second-order valence-electron chi connectivity index (χ2n) is 7.80. The zero-order valence-electron chi connectivity index (χ0n) is 19.0. The third-order valence-corrected chi connectivity index (χ3v) is 7.07. The Morgan fingerprint density at radius 3 is 2.09 bits per heavy atom. The molecule has 3 aromatic carbocycles. The van der Waals surface area contributed by atoms with E-state index in [-0.39, 0.29) is 24.1 Å². The second kappa shape index (κ2) is 13.4. The predicted molar refractivity (Wildman–Crippen MR) is 142 cm³/mol. The number of benzene rings is 3. The van der Waals surface area contributed by atoms with Gasteiger partial charge in [0.25, 0.3) is 0 Å². The van der Waals surface area contributed by atoms with Gasteiger partial charge in [-0.25, -0.2) is 0 Å². The third-order valence-electron chi connectivity index (χ3n) is 5.36. The van der Waals surface area contributed by atoms with Crippen LogP contribution in [0.1, 0.15) is 23.6 Å². The summed E-state index contributed by atoms with van der Waals surface area (Å²) in [6.07, 6.45) is 0.415. The van der Waals surface area contributed by atoms with Crippen molar-refractivity contribution in [2.45, 2.75) is 31.7 Å². The van der Waals surface area contributed by atoms with Crippen molar-refractivity contribution in [3.05, 3.63) is 106 Å². The number of nitrogens with zero attached hydrogens (tertiary/aromatic N) is 1. The summed E-state index contributed by atoms with van der Waals surface area (Å²) in [6, 6.07) is 24.1. The molecule has 34 heavy (non-hydrogen) atoms. The maximum Gasteiger partial charge on any atom is 0.243 e. The summed E-state index contributed by atoms with van der Waals surface area (Å²) in [6.45, 7) is 2.61. The van der Waals surface area contributed by atoms with Crippen molar-refractivity contribution in [2.24, 2.45) is 0 Å². The molecule has 7 heteroatoms. The van der Waals surface area contributed by atoms with Gasteiger partial charge < -0.3 is 10.2 Å². The minimum absolute atomic E-state index is 0.121. The number of hydrogen-bond donors (Lipinski definition) is 1. The Bertz CT molecular complexity index is 1090. The van der Waals surface area contributed by atoms with Gasteiger partial charge in [-0.15, -0.1) is 11.8 Å². The fourth-order valence-electron chi connectivity index (χ4n) is 3.60. The van der Waals surface area contributed by atoms with Crippen LogP contribution in [0.5, 0.6) is 0 Å². The first kappa shape index (κ1) is 26.1. The van der Waals surface area contributed by atoms with Crippen LogP contribution in [0, 0.1) is 0 Å². The molecule has 0 aromatic heterocycles. The van der Waals surface area contributed by atoms with Crippen LogP contribution in [-0.2, 0) is 28.3 Å². The van der Waals surface area contributed by atoms with Crippen molar-refractivity contribution in [1.82, 2.24) is 10.2 Å². The van der Waals surface area contributed by atoms with Crippen LogP contribution < -0.4 is 5.32 Å². The fourth-order valence-corrected chi connectivity index (χ4v) is 4.99. The minimum Gasteiger partial charge on any atom is -0.355 e. The highest BCUT2D eigenvalue weighted by Gasteiger charge is 2.30. The molecule has 3 aromatic rings. The number of nitrogens with one attached hydrogen (secondary N) is 1. The first-order chi connectivity index (χ1) is 16.5. The number of carbonyl (C=O) groups excluding carboxylic acids is 2. The van der Waals surface area contributed by atoms with E-state index in [2.05, 4.69) is 5.32 Å². The molecule has 178 valence electrons. The molecule has 0 spiro atoms. The van der Waals surface area contributed by atoms with E-state index in [0.717, 1.165) is 16.7 Å². The Hall–Kier alpha value is -2.47. The van der Waals surface area contributed by atoms with E-state index in [4.69, 9.17) is 23.2 Å². The van der Waals surface area contributed by atoms with E-state index in [9.17, 15) is 9.59 Å². The van der Waals surface area contributed by atoms with E-state index in [0.29, 0.717) is 28.8 Å². The summed E-state index contributed by atoms with van der Waals surface area (Å²) in [5, 5.41) is 4.15. The molecule has 3 rings (SSSR count). The number of halogens is 2. The number of rotatable bonds is 11. The third kappa shape index (κ3) is 7.52. The lowest BCUT2D eigenvalue weighted by atomic mass is 10.0. The normalized spacial score (nSPS) is 11.6. The average molecular weight is 516 g/mol. The molecular weight excluding hydrogens is 487 g/mol. The van der Waals surface area contributed by atoms with Gasteiger partial charge in [-0.3, -0.25) is 9.59 Å². The zero-order chi connectivity index (χ0) is 24.3. The number of amides is 2. The van der Waals surface area contributed by atoms with Gasteiger partial charge in [0.2, 0.25) is 11.8 Å². The summed E-state index contributed by atoms with van der Waals surface area (Å²) < 4.78 is 0. The van der Waals surface area contributed by atoms with Crippen LogP contribution in [0.25, 0.3) is 0 Å². The molecule has 0 saturated heterocycles. The summed E-state index contributed by atoms with van der Waals surface area (Å²) in [5.74, 6) is 0.531. The molecule has 0 aliphatic rings. The first-order valence-electron chi connectivity index (χ1n) is 11.1. The number of thioether (sulfide) groups is 1. The van der Waals surface area contributed by atoms with Crippen LogP contribution in [0.3, 0.4) is 0 Å². The second-order valence-corrected chi connectivity index (χ2v) is 9.60. The van der Waals surface area contributed by atoms with Gasteiger partial charge in [0.05, 0.1) is 5.75 Å². The van der Waals surface area contributed by atoms with Gasteiger partial charge in [-0.05, 0) is 35.7 Å². The predicted octanol–water partition coefficient (Wildman–Crippen LogP) is 6.00. The van der Waals surface area contributed by atoms with Crippen LogP contribution in [0.4, 0.5) is 0 Å². The molecule has 0 aliphatic carbocycles. The first-order valence-corrected chi connectivity index (χ1v) is 13.1. The molecule has 0 unspecified atom stereocenters. The van der Waals surface area contributed by atoms with Gasteiger partial charge in [0.15, 0.2) is 0 Å². The van der Waals surface area contributed by atoms with Crippen LogP contribution in [0.15, 0.2) is 78.9 Å². The Kier molecular flexibility index (Phi) is 10.3. The molecule has 0 saturated carbocycles. The van der Waals surface area contributed by atoms with Gasteiger partial charge in [-0.1, -0.05) is 89.9 Å². The summed E-state index contributed by atoms with van der Waals surface area (Å²) in [5.41, 5.74) is 2.76. The monoisotopic (exact) mass is 514 g/mol. The maximum absolute atomic E-state index is 13.5. The highest BCUT2D eigenvalue weighted by molar-refractivity contribution is 7.99. The molecule has 0 fully saturated rings. The molecule has 4 nitrogen and oxygen atoms in total. The minimum atomic E-state index is -0.660. The van der Waals surface area contributed by atoms with Gasteiger partial charge >= 0.3 is 0 Å². The average Bonchev–Trinajstić information content (AvgIpc) is 2.84. The maximum atomic E-state index is 13.5. The molecule has 1 N–H and O–H groups in total.